The molecule has 0 aliphatic heterocycles. The van der Waals surface area contributed by atoms with Crippen molar-refractivity contribution < 1.29 is 13.7 Å². The van der Waals surface area contributed by atoms with E-state index in [0.717, 1.165) is 36.1 Å². The molecule has 0 amide bonds. The van der Waals surface area contributed by atoms with Crippen LogP contribution in [-0.4, -0.2) is 23.0 Å². The summed E-state index contributed by atoms with van der Waals surface area (Å²) in [7, 11) is 0.399. The summed E-state index contributed by atoms with van der Waals surface area (Å²) in [5.41, 5.74) is 1.16. The summed E-state index contributed by atoms with van der Waals surface area (Å²) in [5.74, 6) is 0.514. The molecular formula is C16H22O3S. The molecule has 110 valence electrons. The van der Waals surface area contributed by atoms with E-state index in [-0.39, 0.29) is 17.8 Å². The summed E-state index contributed by atoms with van der Waals surface area (Å²) in [4.78, 5) is 12.7. The molecule has 0 aromatic heterocycles. The van der Waals surface area contributed by atoms with Crippen LogP contribution in [0.4, 0.5) is 0 Å². The minimum Gasteiger partial charge on any atom is -0.469 e. The molecule has 1 aliphatic rings. The first-order chi connectivity index (χ1) is 9.61. The minimum atomic E-state index is -1.04. The third-order valence-electron chi connectivity index (χ3n) is 4.06. The molecular weight excluding hydrogens is 272 g/mol. The summed E-state index contributed by atoms with van der Waals surface area (Å²) in [5, 5.41) is 0. The highest BCUT2D eigenvalue weighted by atomic mass is 32.2. The van der Waals surface area contributed by atoms with Crippen molar-refractivity contribution in [3.63, 3.8) is 0 Å². The van der Waals surface area contributed by atoms with Gasteiger partial charge in [-0.15, -0.1) is 0 Å². The van der Waals surface area contributed by atoms with Gasteiger partial charge in [-0.05, 0) is 37.8 Å². The number of rotatable bonds is 4. The molecule has 1 aromatic rings. The molecule has 0 spiro atoms. The topological polar surface area (TPSA) is 43.4 Å². The highest BCUT2D eigenvalue weighted by Gasteiger charge is 2.32. The summed E-state index contributed by atoms with van der Waals surface area (Å²) < 4.78 is 17.3. The third kappa shape index (κ3) is 3.69. The third-order valence-corrected chi connectivity index (χ3v) is 5.59. The van der Waals surface area contributed by atoms with E-state index in [1.807, 2.05) is 31.2 Å². The number of benzene rings is 1. The molecule has 1 aliphatic carbocycles. The zero-order valence-corrected chi connectivity index (χ0v) is 12.9. The van der Waals surface area contributed by atoms with Crippen LogP contribution in [0.1, 0.15) is 31.2 Å². The van der Waals surface area contributed by atoms with Crippen molar-refractivity contribution >= 4 is 16.8 Å². The Bertz CT molecular complexity index is 481. The van der Waals surface area contributed by atoms with Gasteiger partial charge in [-0.2, -0.15) is 0 Å². The second kappa shape index (κ2) is 7.02. The lowest BCUT2D eigenvalue weighted by Gasteiger charge is -2.29. The van der Waals surface area contributed by atoms with Crippen LogP contribution >= 0.6 is 0 Å². The van der Waals surface area contributed by atoms with E-state index in [0.29, 0.717) is 5.75 Å². The Morgan fingerprint density at radius 2 is 1.90 bits per heavy atom. The average molecular weight is 294 g/mol. The normalized spacial score (nSPS) is 24.1. The molecule has 0 unspecified atom stereocenters. The number of esters is 1. The Morgan fingerprint density at radius 1 is 1.25 bits per heavy atom. The average Bonchev–Trinajstić information content (AvgIpc) is 2.47. The molecule has 3 atom stereocenters. The maximum atomic E-state index is 12.4. The fraction of sp³-hybridized carbons (Fsp3) is 0.562. The van der Waals surface area contributed by atoms with Crippen molar-refractivity contribution in [3.05, 3.63) is 29.8 Å². The largest absolute Gasteiger partial charge is 0.469 e. The van der Waals surface area contributed by atoms with Crippen molar-refractivity contribution in [3.8, 4) is 0 Å². The number of carbonyl (C=O) groups excluding carboxylic acids is 1. The molecule has 0 radical (unpaired) electrons. The van der Waals surface area contributed by atoms with Crippen molar-refractivity contribution in [2.24, 2.45) is 11.8 Å². The van der Waals surface area contributed by atoms with Gasteiger partial charge in [0.15, 0.2) is 0 Å². The number of aryl methyl sites for hydroxylation is 1. The van der Waals surface area contributed by atoms with Gasteiger partial charge in [-0.25, -0.2) is 0 Å². The van der Waals surface area contributed by atoms with Crippen molar-refractivity contribution in [2.75, 3.05) is 12.9 Å². The maximum Gasteiger partial charge on any atom is 0.308 e. The summed E-state index contributed by atoms with van der Waals surface area (Å²) in [6.07, 6.45) is 4.01. The Balaban J connectivity index is 2.04. The van der Waals surface area contributed by atoms with Gasteiger partial charge in [0.05, 0.1) is 23.8 Å². The molecule has 0 N–H and O–H groups in total. The van der Waals surface area contributed by atoms with Crippen LogP contribution in [0, 0.1) is 18.8 Å². The number of methoxy groups -OCH3 is 1. The van der Waals surface area contributed by atoms with Crippen LogP contribution in [-0.2, 0) is 20.3 Å². The van der Waals surface area contributed by atoms with E-state index in [2.05, 4.69) is 0 Å². The summed E-state index contributed by atoms with van der Waals surface area (Å²) in [6, 6.07) is 7.79. The molecule has 0 saturated heterocycles. The summed E-state index contributed by atoms with van der Waals surface area (Å²) in [6.45, 7) is 2.02. The monoisotopic (exact) mass is 294 g/mol. The van der Waals surface area contributed by atoms with Gasteiger partial charge < -0.3 is 4.74 Å². The highest BCUT2D eigenvalue weighted by Crippen LogP contribution is 2.32. The van der Waals surface area contributed by atoms with Crippen LogP contribution in [0.2, 0.25) is 0 Å². The minimum absolute atomic E-state index is 0.0804. The second-order valence-electron chi connectivity index (χ2n) is 5.50. The zero-order valence-electron chi connectivity index (χ0n) is 12.1. The van der Waals surface area contributed by atoms with E-state index in [1.165, 1.54) is 7.11 Å². The SMILES string of the molecule is COC(=O)[C@@H]1CCCC[C@H]1C[S@@](=O)c1ccc(C)cc1. The van der Waals surface area contributed by atoms with Gasteiger partial charge in [0, 0.05) is 10.6 Å². The van der Waals surface area contributed by atoms with Gasteiger partial charge in [0.1, 0.15) is 0 Å². The number of hydrogen-bond donors (Lipinski definition) is 0. The molecule has 1 aromatic carbocycles. The van der Waals surface area contributed by atoms with Gasteiger partial charge in [0.2, 0.25) is 0 Å². The number of carbonyl (C=O) groups is 1. The molecule has 0 bridgehead atoms. The highest BCUT2D eigenvalue weighted by molar-refractivity contribution is 7.85. The first kappa shape index (κ1) is 15.2. The quantitative estimate of drug-likeness (QED) is 0.802. The maximum absolute atomic E-state index is 12.4. The second-order valence-corrected chi connectivity index (χ2v) is 7.00. The first-order valence-electron chi connectivity index (χ1n) is 7.14. The Labute approximate surface area is 123 Å². The molecule has 0 heterocycles. The molecule has 20 heavy (non-hydrogen) atoms. The Kier molecular flexibility index (Phi) is 5.35. The molecule has 1 fully saturated rings. The van der Waals surface area contributed by atoms with Crippen LogP contribution in [0.15, 0.2) is 29.2 Å². The van der Waals surface area contributed by atoms with Gasteiger partial charge in [-0.3, -0.25) is 9.00 Å². The van der Waals surface area contributed by atoms with Crippen molar-refractivity contribution in [2.45, 2.75) is 37.5 Å². The van der Waals surface area contributed by atoms with E-state index >= 15 is 0 Å². The van der Waals surface area contributed by atoms with E-state index in [9.17, 15) is 9.00 Å². The van der Waals surface area contributed by atoms with Gasteiger partial charge in [-0.1, -0.05) is 30.5 Å². The lowest BCUT2D eigenvalue weighted by Crippen LogP contribution is -2.31. The van der Waals surface area contributed by atoms with Crippen molar-refractivity contribution in [1.82, 2.24) is 0 Å². The fourth-order valence-electron chi connectivity index (χ4n) is 2.85. The standard InChI is InChI=1S/C16H22O3S/c1-12-7-9-14(10-8-12)20(18)11-13-5-3-4-6-15(13)16(17)19-2/h7-10,13,15H,3-6,11H2,1-2H3/t13-,15+,20+/m0/s1. The number of hydrogen-bond acceptors (Lipinski definition) is 3. The molecule has 1 saturated carbocycles. The Hall–Kier alpha value is -1.16. The number of ether oxygens (including phenoxy) is 1. The van der Waals surface area contributed by atoms with E-state index in [1.54, 1.807) is 0 Å². The lowest BCUT2D eigenvalue weighted by molar-refractivity contribution is -0.148. The fourth-order valence-corrected chi connectivity index (χ4v) is 4.27. The zero-order chi connectivity index (χ0) is 14.5. The van der Waals surface area contributed by atoms with E-state index < -0.39 is 10.8 Å². The van der Waals surface area contributed by atoms with Gasteiger partial charge in [0.25, 0.3) is 0 Å². The van der Waals surface area contributed by atoms with Crippen molar-refractivity contribution in [1.29, 1.82) is 0 Å². The Morgan fingerprint density at radius 3 is 2.55 bits per heavy atom. The predicted molar refractivity (Wildman–Crippen MR) is 79.9 cm³/mol. The molecule has 4 heteroatoms. The summed E-state index contributed by atoms with van der Waals surface area (Å²) >= 11 is 0. The van der Waals surface area contributed by atoms with Crippen LogP contribution in [0.3, 0.4) is 0 Å². The lowest BCUT2D eigenvalue weighted by atomic mass is 9.80. The molecule has 2 rings (SSSR count). The van der Waals surface area contributed by atoms with Gasteiger partial charge >= 0.3 is 5.97 Å². The van der Waals surface area contributed by atoms with Crippen LogP contribution in [0.25, 0.3) is 0 Å². The first-order valence-corrected chi connectivity index (χ1v) is 8.46. The predicted octanol–water partition coefficient (Wildman–Crippen LogP) is 3.08. The molecule has 3 nitrogen and oxygen atoms in total. The smallest absolute Gasteiger partial charge is 0.308 e. The van der Waals surface area contributed by atoms with Crippen LogP contribution < -0.4 is 0 Å². The van der Waals surface area contributed by atoms with Crippen LogP contribution in [0.5, 0.6) is 0 Å². The van der Waals surface area contributed by atoms with E-state index in [4.69, 9.17) is 4.74 Å².